The van der Waals surface area contributed by atoms with Crippen LogP contribution in [-0.2, 0) is 19.3 Å². The molecule has 0 aliphatic heterocycles. The topological polar surface area (TPSA) is 12.0 Å². The molecule has 1 N–H and O–H groups in total. The van der Waals surface area contributed by atoms with Gasteiger partial charge in [-0.2, -0.15) is 0 Å². The number of benzene rings is 1. The summed E-state index contributed by atoms with van der Waals surface area (Å²) in [6.45, 7) is 5.55. The summed E-state index contributed by atoms with van der Waals surface area (Å²) < 4.78 is 0. The zero-order chi connectivity index (χ0) is 12.1. The van der Waals surface area contributed by atoms with E-state index in [4.69, 9.17) is 0 Å². The van der Waals surface area contributed by atoms with Crippen LogP contribution in [0.2, 0.25) is 0 Å². The van der Waals surface area contributed by atoms with Gasteiger partial charge < -0.3 is 5.32 Å². The first-order chi connectivity index (χ1) is 8.33. The molecule has 1 aliphatic carbocycles. The van der Waals surface area contributed by atoms with Crippen LogP contribution in [0.5, 0.6) is 0 Å². The van der Waals surface area contributed by atoms with Crippen molar-refractivity contribution >= 4 is 0 Å². The summed E-state index contributed by atoms with van der Waals surface area (Å²) >= 11 is 0. The molecule has 0 saturated carbocycles. The van der Waals surface area contributed by atoms with Gasteiger partial charge in [-0.25, -0.2) is 0 Å². The minimum atomic E-state index is 0.657. The van der Waals surface area contributed by atoms with Crippen molar-refractivity contribution in [3.8, 4) is 0 Å². The molecule has 0 saturated heterocycles. The summed E-state index contributed by atoms with van der Waals surface area (Å²) in [7, 11) is 0. The van der Waals surface area contributed by atoms with Gasteiger partial charge in [0.1, 0.15) is 0 Å². The molecule has 1 aliphatic rings. The van der Waals surface area contributed by atoms with E-state index in [0.29, 0.717) is 6.04 Å². The predicted octanol–water partition coefficient (Wildman–Crippen LogP) is 3.50. The van der Waals surface area contributed by atoms with Gasteiger partial charge in [0.05, 0.1) is 0 Å². The molecule has 0 fully saturated rings. The third-order valence-electron chi connectivity index (χ3n) is 3.77. The Morgan fingerprint density at radius 3 is 2.76 bits per heavy atom. The van der Waals surface area contributed by atoms with Crippen molar-refractivity contribution in [1.82, 2.24) is 5.32 Å². The van der Waals surface area contributed by atoms with Gasteiger partial charge >= 0.3 is 0 Å². The highest BCUT2D eigenvalue weighted by Gasteiger charge is 2.12. The molecule has 1 aromatic rings. The quantitative estimate of drug-likeness (QED) is 0.790. The summed E-state index contributed by atoms with van der Waals surface area (Å²) in [6.07, 6.45) is 7.68. The predicted molar refractivity (Wildman–Crippen MR) is 74.5 cm³/mol. The van der Waals surface area contributed by atoms with Crippen LogP contribution in [0.25, 0.3) is 0 Å². The molecule has 1 heteroatoms. The van der Waals surface area contributed by atoms with Crippen molar-refractivity contribution < 1.29 is 0 Å². The van der Waals surface area contributed by atoms with Crippen LogP contribution >= 0.6 is 0 Å². The number of aryl methyl sites for hydroxylation is 2. The number of rotatable bonds is 6. The Morgan fingerprint density at radius 1 is 1.18 bits per heavy atom. The summed E-state index contributed by atoms with van der Waals surface area (Å²) in [5, 5.41) is 3.60. The number of hydrogen-bond acceptors (Lipinski definition) is 1. The third kappa shape index (κ3) is 3.32. The maximum atomic E-state index is 3.60. The lowest BCUT2D eigenvalue weighted by atomic mass is 9.98. The maximum Gasteiger partial charge on any atom is 0.0107 e. The van der Waals surface area contributed by atoms with Crippen molar-refractivity contribution in [2.24, 2.45) is 0 Å². The second-order valence-electron chi connectivity index (χ2n) is 5.20. The molecule has 0 radical (unpaired) electrons. The lowest BCUT2D eigenvalue weighted by Crippen LogP contribution is -2.30. The number of likely N-dealkylation sites (N-methyl/N-ethyl adjacent to an activating group) is 1. The summed E-state index contributed by atoms with van der Waals surface area (Å²) in [5.41, 5.74) is 4.71. The smallest absolute Gasteiger partial charge is 0.0107 e. The van der Waals surface area contributed by atoms with E-state index in [-0.39, 0.29) is 0 Å². The molecule has 1 atom stereocenters. The van der Waals surface area contributed by atoms with Crippen molar-refractivity contribution in [2.45, 2.75) is 58.4 Å². The minimum absolute atomic E-state index is 0.657. The second-order valence-corrected chi connectivity index (χ2v) is 5.20. The van der Waals surface area contributed by atoms with E-state index in [2.05, 4.69) is 37.4 Å². The zero-order valence-corrected chi connectivity index (χ0v) is 11.3. The number of nitrogens with one attached hydrogen (secondary N) is 1. The fourth-order valence-electron chi connectivity index (χ4n) is 2.95. The van der Waals surface area contributed by atoms with Gasteiger partial charge in [0.25, 0.3) is 0 Å². The van der Waals surface area contributed by atoms with Crippen LogP contribution in [0.4, 0.5) is 0 Å². The SMILES string of the molecule is CCCC(Cc1ccc2c(c1)CCC2)NCC. The molecule has 0 amide bonds. The van der Waals surface area contributed by atoms with Gasteiger partial charge in [0.15, 0.2) is 0 Å². The van der Waals surface area contributed by atoms with E-state index in [9.17, 15) is 0 Å². The fraction of sp³-hybridized carbons (Fsp3) is 0.625. The van der Waals surface area contributed by atoms with Crippen LogP contribution in [0.3, 0.4) is 0 Å². The van der Waals surface area contributed by atoms with Crippen molar-refractivity contribution in [3.05, 3.63) is 34.9 Å². The second kappa shape index (κ2) is 6.20. The highest BCUT2D eigenvalue weighted by molar-refractivity contribution is 5.35. The zero-order valence-electron chi connectivity index (χ0n) is 11.3. The first-order valence-electron chi connectivity index (χ1n) is 7.17. The molecule has 94 valence electrons. The Labute approximate surface area is 106 Å². The summed E-state index contributed by atoms with van der Waals surface area (Å²) in [6, 6.07) is 7.79. The molecular weight excluding hydrogens is 206 g/mol. The van der Waals surface area contributed by atoms with Gasteiger partial charge in [-0.3, -0.25) is 0 Å². The van der Waals surface area contributed by atoms with Gasteiger partial charge in [0.2, 0.25) is 0 Å². The summed E-state index contributed by atoms with van der Waals surface area (Å²) in [4.78, 5) is 0. The molecule has 0 bridgehead atoms. The van der Waals surface area contributed by atoms with Crippen LogP contribution in [0, 0.1) is 0 Å². The normalized spacial score (nSPS) is 15.9. The number of hydrogen-bond donors (Lipinski definition) is 1. The first kappa shape index (κ1) is 12.6. The Balaban J connectivity index is 2.01. The van der Waals surface area contributed by atoms with E-state index < -0.39 is 0 Å². The lowest BCUT2D eigenvalue weighted by Gasteiger charge is -2.17. The molecule has 1 aromatic carbocycles. The lowest BCUT2D eigenvalue weighted by molar-refractivity contribution is 0.486. The highest BCUT2D eigenvalue weighted by atomic mass is 14.9. The minimum Gasteiger partial charge on any atom is -0.314 e. The van der Waals surface area contributed by atoms with E-state index in [1.807, 2.05) is 0 Å². The van der Waals surface area contributed by atoms with E-state index in [0.717, 1.165) is 6.54 Å². The maximum absolute atomic E-state index is 3.60. The molecule has 1 unspecified atom stereocenters. The molecule has 1 nitrogen and oxygen atoms in total. The summed E-state index contributed by atoms with van der Waals surface area (Å²) in [5.74, 6) is 0. The van der Waals surface area contributed by atoms with Crippen LogP contribution < -0.4 is 5.32 Å². The average molecular weight is 231 g/mol. The molecular formula is C16H25N. The Morgan fingerprint density at radius 2 is 2.00 bits per heavy atom. The number of fused-ring (bicyclic) bond motifs is 1. The van der Waals surface area contributed by atoms with E-state index in [1.165, 1.54) is 44.1 Å². The van der Waals surface area contributed by atoms with Crippen LogP contribution in [0.15, 0.2) is 18.2 Å². The third-order valence-corrected chi connectivity index (χ3v) is 3.77. The van der Waals surface area contributed by atoms with Crippen LogP contribution in [0.1, 0.15) is 49.8 Å². The van der Waals surface area contributed by atoms with Crippen molar-refractivity contribution in [1.29, 1.82) is 0 Å². The monoisotopic (exact) mass is 231 g/mol. The van der Waals surface area contributed by atoms with E-state index in [1.54, 1.807) is 11.1 Å². The Kier molecular flexibility index (Phi) is 4.61. The standard InChI is InChI=1S/C16H25N/c1-3-6-16(17-4-2)12-13-9-10-14-7-5-8-15(14)11-13/h9-11,16-17H,3-8,12H2,1-2H3. The van der Waals surface area contributed by atoms with Crippen LogP contribution in [-0.4, -0.2) is 12.6 Å². The van der Waals surface area contributed by atoms with Gasteiger partial charge in [-0.15, -0.1) is 0 Å². The Bertz CT molecular complexity index is 351. The average Bonchev–Trinajstić information content (AvgIpc) is 2.77. The Hall–Kier alpha value is -0.820. The molecule has 2 rings (SSSR count). The van der Waals surface area contributed by atoms with Gasteiger partial charge in [0, 0.05) is 6.04 Å². The van der Waals surface area contributed by atoms with Gasteiger partial charge in [-0.1, -0.05) is 38.5 Å². The van der Waals surface area contributed by atoms with Gasteiger partial charge in [-0.05, 0) is 55.3 Å². The van der Waals surface area contributed by atoms with Crippen molar-refractivity contribution in [3.63, 3.8) is 0 Å². The fourth-order valence-corrected chi connectivity index (χ4v) is 2.95. The molecule has 0 spiro atoms. The first-order valence-corrected chi connectivity index (χ1v) is 7.17. The highest BCUT2D eigenvalue weighted by Crippen LogP contribution is 2.23. The van der Waals surface area contributed by atoms with Crippen molar-refractivity contribution in [2.75, 3.05) is 6.54 Å². The molecule has 0 aromatic heterocycles. The largest absolute Gasteiger partial charge is 0.314 e. The molecule has 0 heterocycles. The van der Waals surface area contributed by atoms with E-state index >= 15 is 0 Å². The molecule has 17 heavy (non-hydrogen) atoms.